The van der Waals surface area contributed by atoms with E-state index < -0.39 is 0 Å². The third-order valence-electron chi connectivity index (χ3n) is 3.67. The van der Waals surface area contributed by atoms with Gasteiger partial charge in [0.05, 0.1) is 0 Å². The zero-order chi connectivity index (χ0) is 10.6. The van der Waals surface area contributed by atoms with Crippen LogP contribution in [0.25, 0.3) is 0 Å². The SMILES string of the molecule is COCC(C)CCCCC1CC1(C)C. The Bertz CT molecular complexity index is 163. The fraction of sp³-hybridized carbons (Fsp3) is 1.00. The zero-order valence-corrected chi connectivity index (χ0v) is 10.3. The summed E-state index contributed by atoms with van der Waals surface area (Å²) in [5.74, 6) is 1.77. The van der Waals surface area contributed by atoms with Gasteiger partial charge in [-0.05, 0) is 36.5 Å². The lowest BCUT2D eigenvalue weighted by molar-refractivity contribution is 0.154. The summed E-state index contributed by atoms with van der Waals surface area (Å²) in [6, 6.07) is 0. The van der Waals surface area contributed by atoms with Crippen molar-refractivity contribution < 1.29 is 4.74 Å². The van der Waals surface area contributed by atoms with Gasteiger partial charge in [-0.3, -0.25) is 0 Å². The van der Waals surface area contributed by atoms with Crippen molar-refractivity contribution in [2.75, 3.05) is 13.7 Å². The third-order valence-corrected chi connectivity index (χ3v) is 3.67. The first kappa shape index (κ1) is 12.0. The summed E-state index contributed by atoms with van der Waals surface area (Å²) in [6.45, 7) is 8.00. The molecule has 14 heavy (non-hydrogen) atoms. The lowest BCUT2D eigenvalue weighted by atomic mass is 10.0. The van der Waals surface area contributed by atoms with Crippen LogP contribution < -0.4 is 0 Å². The summed E-state index contributed by atoms with van der Waals surface area (Å²) < 4.78 is 5.13. The van der Waals surface area contributed by atoms with Crippen LogP contribution in [-0.4, -0.2) is 13.7 Å². The molecular formula is C13H26O. The molecule has 2 unspecified atom stereocenters. The maximum absolute atomic E-state index is 5.13. The molecule has 0 aliphatic heterocycles. The van der Waals surface area contributed by atoms with Crippen LogP contribution in [0.5, 0.6) is 0 Å². The molecule has 0 bridgehead atoms. The summed E-state index contributed by atoms with van der Waals surface area (Å²) in [7, 11) is 1.79. The van der Waals surface area contributed by atoms with Crippen LogP contribution in [0.15, 0.2) is 0 Å². The normalized spacial score (nSPS) is 26.1. The lowest BCUT2D eigenvalue weighted by Crippen LogP contribution is -2.03. The van der Waals surface area contributed by atoms with Crippen molar-refractivity contribution in [3.05, 3.63) is 0 Å². The first-order chi connectivity index (χ1) is 6.56. The molecule has 0 N–H and O–H groups in total. The topological polar surface area (TPSA) is 9.23 Å². The van der Waals surface area contributed by atoms with Crippen LogP contribution in [0.3, 0.4) is 0 Å². The molecule has 0 aromatic heterocycles. The van der Waals surface area contributed by atoms with Crippen LogP contribution in [0.2, 0.25) is 0 Å². The lowest BCUT2D eigenvalue weighted by Gasteiger charge is -2.09. The summed E-state index contributed by atoms with van der Waals surface area (Å²) in [5, 5.41) is 0. The fourth-order valence-corrected chi connectivity index (χ4v) is 2.32. The van der Waals surface area contributed by atoms with Gasteiger partial charge in [0.15, 0.2) is 0 Å². The van der Waals surface area contributed by atoms with E-state index >= 15 is 0 Å². The standard InChI is InChI=1S/C13H26O/c1-11(10-14-4)7-5-6-8-12-9-13(12,2)3/h11-12H,5-10H2,1-4H3. The fourth-order valence-electron chi connectivity index (χ4n) is 2.32. The molecule has 0 radical (unpaired) electrons. The first-order valence-electron chi connectivity index (χ1n) is 6.05. The quantitative estimate of drug-likeness (QED) is 0.564. The molecule has 1 aliphatic rings. The number of rotatable bonds is 7. The van der Waals surface area contributed by atoms with Crippen molar-refractivity contribution in [3.63, 3.8) is 0 Å². The maximum Gasteiger partial charge on any atom is 0.0487 e. The van der Waals surface area contributed by atoms with E-state index in [1.165, 1.54) is 32.1 Å². The number of hydrogen-bond acceptors (Lipinski definition) is 1. The van der Waals surface area contributed by atoms with Crippen molar-refractivity contribution >= 4 is 0 Å². The largest absolute Gasteiger partial charge is 0.384 e. The van der Waals surface area contributed by atoms with Gasteiger partial charge < -0.3 is 4.74 Å². The molecule has 1 heteroatoms. The highest BCUT2D eigenvalue weighted by Crippen LogP contribution is 2.54. The molecular weight excluding hydrogens is 172 g/mol. The van der Waals surface area contributed by atoms with Gasteiger partial charge in [-0.2, -0.15) is 0 Å². The molecule has 1 rings (SSSR count). The number of methoxy groups -OCH3 is 1. The highest BCUT2D eigenvalue weighted by Gasteiger charge is 2.44. The number of hydrogen-bond donors (Lipinski definition) is 0. The number of unbranched alkanes of at least 4 members (excludes halogenated alkanes) is 1. The van der Waals surface area contributed by atoms with Gasteiger partial charge in [0.1, 0.15) is 0 Å². The third kappa shape index (κ3) is 4.00. The number of ether oxygens (including phenoxy) is 1. The van der Waals surface area contributed by atoms with E-state index in [4.69, 9.17) is 4.74 Å². The molecule has 0 aromatic rings. The second-order valence-electron chi connectivity index (χ2n) is 5.73. The van der Waals surface area contributed by atoms with Crippen LogP contribution in [0, 0.1) is 17.3 Å². The monoisotopic (exact) mass is 198 g/mol. The molecule has 0 spiro atoms. The minimum atomic E-state index is 0.679. The van der Waals surface area contributed by atoms with Gasteiger partial charge in [0, 0.05) is 13.7 Å². The van der Waals surface area contributed by atoms with Gasteiger partial charge in [-0.15, -0.1) is 0 Å². The van der Waals surface area contributed by atoms with Gasteiger partial charge in [-0.1, -0.05) is 33.6 Å². The molecule has 1 aliphatic carbocycles. The Balaban J connectivity index is 1.90. The Morgan fingerprint density at radius 3 is 2.50 bits per heavy atom. The van der Waals surface area contributed by atoms with E-state index in [0.29, 0.717) is 5.41 Å². The second-order valence-corrected chi connectivity index (χ2v) is 5.73. The Labute approximate surface area is 89.2 Å². The summed E-state index contributed by atoms with van der Waals surface area (Å²) in [5.41, 5.74) is 0.679. The van der Waals surface area contributed by atoms with E-state index in [1.807, 2.05) is 0 Å². The van der Waals surface area contributed by atoms with Crippen molar-refractivity contribution in [1.29, 1.82) is 0 Å². The van der Waals surface area contributed by atoms with E-state index in [2.05, 4.69) is 20.8 Å². The van der Waals surface area contributed by atoms with Crippen molar-refractivity contribution in [3.8, 4) is 0 Å². The predicted molar refractivity (Wildman–Crippen MR) is 61.4 cm³/mol. The van der Waals surface area contributed by atoms with E-state index in [1.54, 1.807) is 7.11 Å². The van der Waals surface area contributed by atoms with Crippen LogP contribution >= 0.6 is 0 Å². The molecule has 84 valence electrons. The summed E-state index contributed by atoms with van der Waals surface area (Å²) in [6.07, 6.45) is 7.05. The van der Waals surface area contributed by atoms with Gasteiger partial charge >= 0.3 is 0 Å². The molecule has 2 atom stereocenters. The minimum absolute atomic E-state index is 0.679. The van der Waals surface area contributed by atoms with E-state index in [9.17, 15) is 0 Å². The van der Waals surface area contributed by atoms with Gasteiger partial charge in [0.2, 0.25) is 0 Å². The molecule has 1 nitrogen and oxygen atoms in total. The van der Waals surface area contributed by atoms with Crippen molar-refractivity contribution in [2.45, 2.75) is 52.9 Å². The average molecular weight is 198 g/mol. The van der Waals surface area contributed by atoms with E-state index in [0.717, 1.165) is 18.4 Å². The smallest absolute Gasteiger partial charge is 0.0487 e. The Morgan fingerprint density at radius 1 is 1.36 bits per heavy atom. The van der Waals surface area contributed by atoms with Crippen molar-refractivity contribution in [2.24, 2.45) is 17.3 Å². The summed E-state index contributed by atoms with van der Waals surface area (Å²) in [4.78, 5) is 0. The maximum atomic E-state index is 5.13. The van der Waals surface area contributed by atoms with E-state index in [-0.39, 0.29) is 0 Å². The van der Waals surface area contributed by atoms with Crippen molar-refractivity contribution in [1.82, 2.24) is 0 Å². The molecule has 1 saturated carbocycles. The van der Waals surface area contributed by atoms with Gasteiger partial charge in [-0.25, -0.2) is 0 Å². The molecule has 0 heterocycles. The predicted octanol–water partition coefficient (Wildman–Crippen LogP) is 3.88. The molecule has 0 saturated heterocycles. The van der Waals surface area contributed by atoms with Gasteiger partial charge in [0.25, 0.3) is 0 Å². The van der Waals surface area contributed by atoms with Crippen LogP contribution in [0.1, 0.15) is 52.9 Å². The summed E-state index contributed by atoms with van der Waals surface area (Å²) >= 11 is 0. The minimum Gasteiger partial charge on any atom is -0.384 e. The Kier molecular flexibility index (Phi) is 4.43. The van der Waals surface area contributed by atoms with Crippen LogP contribution in [-0.2, 0) is 4.74 Å². The molecule has 1 fully saturated rings. The van der Waals surface area contributed by atoms with Crippen LogP contribution in [0.4, 0.5) is 0 Å². The highest BCUT2D eigenvalue weighted by atomic mass is 16.5. The second kappa shape index (κ2) is 5.16. The molecule has 0 amide bonds. The zero-order valence-electron chi connectivity index (χ0n) is 10.3. The Morgan fingerprint density at radius 2 is 2.00 bits per heavy atom. The Hall–Kier alpha value is -0.0400. The molecule has 0 aromatic carbocycles. The average Bonchev–Trinajstić information content (AvgIpc) is 2.69. The first-order valence-corrected chi connectivity index (χ1v) is 6.05. The highest BCUT2D eigenvalue weighted by molar-refractivity contribution is 4.94.